The zero-order valence-corrected chi connectivity index (χ0v) is 15.0. The van der Waals surface area contributed by atoms with E-state index in [1.54, 1.807) is 0 Å². The lowest BCUT2D eigenvalue weighted by molar-refractivity contribution is -0.120. The first-order chi connectivity index (χ1) is 12.3. The van der Waals surface area contributed by atoms with Crippen LogP contribution < -0.4 is 10.6 Å². The third-order valence-electron chi connectivity index (χ3n) is 5.21. The van der Waals surface area contributed by atoms with Crippen LogP contribution in [0.25, 0.3) is 0 Å². The number of para-hydroxylation sites is 1. The predicted octanol–water partition coefficient (Wildman–Crippen LogP) is 4.71. The number of hydrogen-bond acceptors (Lipinski definition) is 2. The Morgan fingerprint density at radius 2 is 1.64 bits per heavy atom. The molecule has 1 fully saturated rings. The molecule has 3 rings (SSSR count). The minimum Gasteiger partial charge on any atom is -0.326 e. The summed E-state index contributed by atoms with van der Waals surface area (Å²) in [6.45, 7) is 3.80. The fourth-order valence-electron chi connectivity index (χ4n) is 3.71. The minimum absolute atomic E-state index is 0.132. The van der Waals surface area contributed by atoms with Gasteiger partial charge in [0.2, 0.25) is 5.91 Å². The molecule has 0 aromatic heterocycles. The summed E-state index contributed by atoms with van der Waals surface area (Å²) in [4.78, 5) is 12.7. The molecule has 0 radical (unpaired) electrons. The summed E-state index contributed by atoms with van der Waals surface area (Å²) in [6.07, 6.45) is 4.14. The minimum atomic E-state index is 0.132. The van der Waals surface area contributed by atoms with Crippen molar-refractivity contribution in [3.8, 4) is 0 Å². The van der Waals surface area contributed by atoms with Crippen LogP contribution in [0.2, 0.25) is 0 Å². The smallest absolute Gasteiger partial charge is 0.227 e. The fraction of sp³-hybridized carbons (Fsp3) is 0.409. The fourth-order valence-corrected chi connectivity index (χ4v) is 3.71. The lowest BCUT2D eigenvalue weighted by atomic mass is 9.78. The van der Waals surface area contributed by atoms with Crippen LogP contribution >= 0.6 is 0 Å². The van der Waals surface area contributed by atoms with Gasteiger partial charge in [-0.05, 0) is 55.3 Å². The molecule has 1 aliphatic carbocycles. The van der Waals surface area contributed by atoms with E-state index in [9.17, 15) is 4.79 Å². The molecule has 2 aromatic carbocycles. The molecule has 0 heterocycles. The number of anilines is 1. The zero-order valence-electron chi connectivity index (χ0n) is 15.0. The van der Waals surface area contributed by atoms with E-state index in [1.165, 1.54) is 5.56 Å². The van der Waals surface area contributed by atoms with Crippen molar-refractivity contribution in [2.24, 2.45) is 5.92 Å². The molecule has 132 valence electrons. The van der Waals surface area contributed by atoms with Crippen molar-refractivity contribution in [2.75, 3.05) is 11.9 Å². The van der Waals surface area contributed by atoms with Gasteiger partial charge < -0.3 is 10.6 Å². The van der Waals surface area contributed by atoms with E-state index in [1.807, 2.05) is 18.2 Å². The van der Waals surface area contributed by atoms with Gasteiger partial charge in [0.1, 0.15) is 0 Å². The Labute approximate surface area is 150 Å². The summed E-state index contributed by atoms with van der Waals surface area (Å²) in [7, 11) is 0. The van der Waals surface area contributed by atoms with E-state index in [4.69, 9.17) is 0 Å². The Hall–Kier alpha value is -2.13. The van der Waals surface area contributed by atoms with Crippen LogP contribution in [-0.2, 0) is 11.3 Å². The molecular formula is C22H28N2O. The van der Waals surface area contributed by atoms with Crippen molar-refractivity contribution in [3.05, 3.63) is 65.7 Å². The van der Waals surface area contributed by atoms with Crippen LogP contribution in [0.15, 0.2) is 54.6 Å². The van der Waals surface area contributed by atoms with Gasteiger partial charge in [0.25, 0.3) is 0 Å². The van der Waals surface area contributed by atoms with Gasteiger partial charge in [0.15, 0.2) is 0 Å². The second-order valence-corrected chi connectivity index (χ2v) is 6.89. The Kier molecular flexibility index (Phi) is 6.24. The van der Waals surface area contributed by atoms with Gasteiger partial charge in [-0.25, -0.2) is 0 Å². The number of carbonyl (C=O) groups is 1. The lowest BCUT2D eigenvalue weighted by Crippen LogP contribution is -2.27. The first kappa shape index (κ1) is 17.7. The summed E-state index contributed by atoms with van der Waals surface area (Å²) in [6, 6.07) is 18.8. The molecule has 0 spiro atoms. The van der Waals surface area contributed by atoms with Crippen molar-refractivity contribution in [2.45, 2.75) is 45.1 Å². The lowest BCUT2D eigenvalue weighted by Gasteiger charge is -2.28. The Balaban J connectivity index is 1.57. The summed E-state index contributed by atoms with van der Waals surface area (Å²) in [5.41, 5.74) is 3.51. The maximum absolute atomic E-state index is 12.7. The zero-order chi connectivity index (χ0) is 17.5. The van der Waals surface area contributed by atoms with Crippen molar-refractivity contribution in [1.82, 2.24) is 5.32 Å². The number of hydrogen-bond donors (Lipinski definition) is 2. The molecule has 2 aromatic rings. The van der Waals surface area contributed by atoms with Crippen LogP contribution in [-0.4, -0.2) is 12.5 Å². The third kappa shape index (κ3) is 4.70. The van der Waals surface area contributed by atoms with Crippen LogP contribution in [0.5, 0.6) is 0 Å². The van der Waals surface area contributed by atoms with E-state index in [0.29, 0.717) is 5.92 Å². The standard InChI is InChI=1S/C22H28N2O/c1-2-23-16-20-10-6-7-11-21(20)24-22(25)19-14-12-18(13-15-19)17-8-4-3-5-9-17/h3-11,18-19,23H,2,12-16H2,1H3,(H,24,25). The molecule has 2 N–H and O–H groups in total. The molecule has 1 aliphatic rings. The maximum atomic E-state index is 12.7. The number of amides is 1. The van der Waals surface area contributed by atoms with Gasteiger partial charge in [0, 0.05) is 18.2 Å². The summed E-state index contributed by atoms with van der Waals surface area (Å²) >= 11 is 0. The Morgan fingerprint density at radius 1 is 0.960 bits per heavy atom. The Bertz CT molecular complexity index is 675. The van der Waals surface area contributed by atoms with Crippen LogP contribution in [0.1, 0.15) is 49.7 Å². The highest BCUT2D eigenvalue weighted by Gasteiger charge is 2.27. The highest BCUT2D eigenvalue weighted by Crippen LogP contribution is 2.36. The molecule has 25 heavy (non-hydrogen) atoms. The predicted molar refractivity (Wildman–Crippen MR) is 104 cm³/mol. The van der Waals surface area contributed by atoms with Gasteiger partial charge in [-0.3, -0.25) is 4.79 Å². The summed E-state index contributed by atoms with van der Waals surface area (Å²) < 4.78 is 0. The van der Waals surface area contributed by atoms with Crippen LogP contribution in [0.3, 0.4) is 0 Å². The number of carbonyl (C=O) groups excluding carboxylic acids is 1. The highest BCUT2D eigenvalue weighted by molar-refractivity contribution is 5.93. The Morgan fingerprint density at radius 3 is 2.36 bits per heavy atom. The van der Waals surface area contributed by atoms with E-state index in [0.717, 1.165) is 50.0 Å². The van der Waals surface area contributed by atoms with Gasteiger partial charge in [-0.1, -0.05) is 55.5 Å². The van der Waals surface area contributed by atoms with Gasteiger partial charge >= 0.3 is 0 Å². The molecule has 0 atom stereocenters. The molecule has 3 nitrogen and oxygen atoms in total. The molecule has 1 saturated carbocycles. The van der Waals surface area contributed by atoms with Gasteiger partial charge in [-0.15, -0.1) is 0 Å². The first-order valence-corrected chi connectivity index (χ1v) is 9.42. The first-order valence-electron chi connectivity index (χ1n) is 9.42. The van der Waals surface area contributed by atoms with Gasteiger partial charge in [-0.2, -0.15) is 0 Å². The monoisotopic (exact) mass is 336 g/mol. The third-order valence-corrected chi connectivity index (χ3v) is 5.21. The van der Waals surface area contributed by atoms with Crippen molar-refractivity contribution < 1.29 is 4.79 Å². The molecule has 0 unspecified atom stereocenters. The van der Waals surface area contributed by atoms with Crippen LogP contribution in [0.4, 0.5) is 5.69 Å². The van der Waals surface area contributed by atoms with E-state index >= 15 is 0 Å². The number of rotatable bonds is 6. The average molecular weight is 336 g/mol. The van der Waals surface area contributed by atoms with E-state index in [-0.39, 0.29) is 11.8 Å². The second kappa shape index (κ2) is 8.82. The molecule has 3 heteroatoms. The molecule has 0 bridgehead atoms. The summed E-state index contributed by atoms with van der Waals surface area (Å²) in [5, 5.41) is 6.50. The topological polar surface area (TPSA) is 41.1 Å². The van der Waals surface area contributed by atoms with Crippen molar-refractivity contribution in [3.63, 3.8) is 0 Å². The summed E-state index contributed by atoms with van der Waals surface area (Å²) in [5.74, 6) is 0.911. The SMILES string of the molecule is CCNCc1ccccc1NC(=O)C1CCC(c2ccccc2)CC1. The largest absolute Gasteiger partial charge is 0.326 e. The normalized spacial score (nSPS) is 20.2. The molecule has 0 aliphatic heterocycles. The number of nitrogens with one attached hydrogen (secondary N) is 2. The quantitative estimate of drug-likeness (QED) is 0.802. The van der Waals surface area contributed by atoms with E-state index in [2.05, 4.69) is 54.0 Å². The van der Waals surface area contributed by atoms with Crippen LogP contribution in [0, 0.1) is 5.92 Å². The second-order valence-electron chi connectivity index (χ2n) is 6.89. The highest BCUT2D eigenvalue weighted by atomic mass is 16.1. The average Bonchev–Trinajstić information content (AvgIpc) is 2.68. The molecule has 1 amide bonds. The van der Waals surface area contributed by atoms with Crippen molar-refractivity contribution in [1.29, 1.82) is 0 Å². The van der Waals surface area contributed by atoms with Crippen molar-refractivity contribution >= 4 is 11.6 Å². The number of benzene rings is 2. The molecule has 0 saturated heterocycles. The van der Waals surface area contributed by atoms with Gasteiger partial charge in [0.05, 0.1) is 0 Å². The maximum Gasteiger partial charge on any atom is 0.227 e. The molecular weight excluding hydrogens is 308 g/mol. The van der Waals surface area contributed by atoms with E-state index < -0.39 is 0 Å².